The molecule has 4 unspecified atom stereocenters. The highest BCUT2D eigenvalue weighted by molar-refractivity contribution is 7.80. The predicted octanol–water partition coefficient (Wildman–Crippen LogP) is -1.68. The van der Waals surface area contributed by atoms with Gasteiger partial charge in [-0.05, 0) is 12.3 Å². The van der Waals surface area contributed by atoms with E-state index in [1.807, 2.05) is 0 Å². The number of nitrogens with one attached hydrogen (secondary N) is 3. The molecule has 7 N–H and O–H groups in total. The molecular formula is C16H28N4O7S. The smallest absolute Gasteiger partial charge is 0.326 e. The van der Waals surface area contributed by atoms with Gasteiger partial charge in [-0.25, -0.2) is 4.79 Å². The first-order valence-corrected chi connectivity index (χ1v) is 9.36. The predicted molar refractivity (Wildman–Crippen MR) is 103 cm³/mol. The summed E-state index contributed by atoms with van der Waals surface area (Å²) in [4.78, 5) is 58.3. The minimum atomic E-state index is -1.22. The summed E-state index contributed by atoms with van der Waals surface area (Å²) in [6.45, 7) is 3.04. The second-order valence-corrected chi connectivity index (χ2v) is 6.58. The van der Waals surface area contributed by atoms with Gasteiger partial charge in [-0.1, -0.05) is 20.3 Å². The zero-order chi connectivity index (χ0) is 21.9. The lowest BCUT2D eigenvalue weighted by Gasteiger charge is -2.25. The van der Waals surface area contributed by atoms with Crippen molar-refractivity contribution in [1.29, 1.82) is 0 Å². The number of hydrogen-bond acceptors (Lipinski definition) is 7. The SMILES string of the molecule is CCC(C)C(NC(=O)C(CS)NC(=O)C(CCC(=O)O)NC(=O)CN)C(=O)O. The average Bonchev–Trinajstić information content (AvgIpc) is 2.65. The van der Waals surface area contributed by atoms with Crippen LogP contribution in [0.5, 0.6) is 0 Å². The van der Waals surface area contributed by atoms with Crippen molar-refractivity contribution >= 4 is 42.3 Å². The molecule has 0 aromatic heterocycles. The summed E-state index contributed by atoms with van der Waals surface area (Å²) in [5.74, 6) is -5.07. The minimum absolute atomic E-state index is 0.138. The van der Waals surface area contributed by atoms with Gasteiger partial charge in [0, 0.05) is 12.2 Å². The third-order valence-electron chi connectivity index (χ3n) is 4.08. The normalized spacial score (nSPS) is 14.9. The largest absolute Gasteiger partial charge is 0.481 e. The Morgan fingerprint density at radius 2 is 1.57 bits per heavy atom. The van der Waals surface area contributed by atoms with E-state index in [0.29, 0.717) is 6.42 Å². The van der Waals surface area contributed by atoms with Crippen LogP contribution in [0.4, 0.5) is 0 Å². The first-order valence-electron chi connectivity index (χ1n) is 8.72. The van der Waals surface area contributed by atoms with Gasteiger partial charge in [-0.2, -0.15) is 12.6 Å². The molecule has 0 saturated heterocycles. The molecule has 28 heavy (non-hydrogen) atoms. The van der Waals surface area contributed by atoms with Gasteiger partial charge in [0.1, 0.15) is 18.1 Å². The third-order valence-corrected chi connectivity index (χ3v) is 4.44. The van der Waals surface area contributed by atoms with Gasteiger partial charge in [-0.3, -0.25) is 19.2 Å². The zero-order valence-electron chi connectivity index (χ0n) is 15.8. The number of carbonyl (C=O) groups excluding carboxylic acids is 3. The summed E-state index contributed by atoms with van der Waals surface area (Å²) in [5.41, 5.74) is 5.18. The highest BCUT2D eigenvalue weighted by atomic mass is 32.1. The van der Waals surface area contributed by atoms with Gasteiger partial charge >= 0.3 is 11.9 Å². The molecular weight excluding hydrogens is 392 g/mol. The van der Waals surface area contributed by atoms with E-state index in [9.17, 15) is 29.1 Å². The third kappa shape index (κ3) is 9.04. The van der Waals surface area contributed by atoms with E-state index in [0.717, 1.165) is 0 Å². The highest BCUT2D eigenvalue weighted by Crippen LogP contribution is 2.08. The lowest BCUT2D eigenvalue weighted by atomic mass is 9.99. The van der Waals surface area contributed by atoms with E-state index < -0.39 is 60.8 Å². The van der Waals surface area contributed by atoms with Crippen molar-refractivity contribution in [3.8, 4) is 0 Å². The highest BCUT2D eigenvalue weighted by Gasteiger charge is 2.30. The van der Waals surface area contributed by atoms with Gasteiger partial charge < -0.3 is 31.9 Å². The maximum absolute atomic E-state index is 12.4. The Labute approximate surface area is 168 Å². The van der Waals surface area contributed by atoms with E-state index in [1.54, 1.807) is 13.8 Å². The molecule has 0 rings (SSSR count). The standard InChI is InChI=1S/C16H28N4O7S/c1-3-8(2)13(16(26)27)20-15(25)10(7-28)19-14(24)9(4-5-12(22)23)18-11(21)6-17/h8-10,13,28H,3-7,17H2,1-2H3,(H,18,21)(H,19,24)(H,20,25)(H,22,23)(H,26,27). The molecule has 0 aliphatic heterocycles. The molecule has 0 bridgehead atoms. The van der Waals surface area contributed by atoms with Crippen LogP contribution >= 0.6 is 12.6 Å². The van der Waals surface area contributed by atoms with Gasteiger partial charge in [0.2, 0.25) is 17.7 Å². The van der Waals surface area contributed by atoms with Crippen LogP contribution < -0.4 is 21.7 Å². The Bertz CT molecular complexity index is 587. The second-order valence-electron chi connectivity index (χ2n) is 6.21. The van der Waals surface area contributed by atoms with Crippen LogP contribution in [-0.2, 0) is 24.0 Å². The molecule has 0 fully saturated rings. The second kappa shape index (κ2) is 12.9. The molecule has 0 saturated carbocycles. The van der Waals surface area contributed by atoms with E-state index in [2.05, 4.69) is 28.6 Å². The monoisotopic (exact) mass is 420 g/mol. The van der Waals surface area contributed by atoms with E-state index in [1.165, 1.54) is 0 Å². The number of amides is 3. The van der Waals surface area contributed by atoms with Gasteiger partial charge in [0.05, 0.1) is 6.54 Å². The Balaban J connectivity index is 5.16. The van der Waals surface area contributed by atoms with Gasteiger partial charge in [0.25, 0.3) is 0 Å². The summed E-state index contributed by atoms with van der Waals surface area (Å²) in [5, 5.41) is 25.0. The van der Waals surface area contributed by atoms with Crippen LogP contribution in [0.15, 0.2) is 0 Å². The average molecular weight is 420 g/mol. The first kappa shape index (κ1) is 25.7. The molecule has 3 amide bonds. The number of hydrogen-bond donors (Lipinski definition) is 7. The molecule has 11 nitrogen and oxygen atoms in total. The number of thiol groups is 1. The van der Waals surface area contributed by atoms with Crippen LogP contribution in [0.25, 0.3) is 0 Å². The van der Waals surface area contributed by atoms with Crippen molar-refractivity contribution in [2.45, 2.75) is 51.2 Å². The molecule has 0 radical (unpaired) electrons. The van der Waals surface area contributed by atoms with Crippen molar-refractivity contribution in [2.24, 2.45) is 11.7 Å². The summed E-state index contributed by atoms with van der Waals surface area (Å²) in [6.07, 6.45) is -0.0915. The molecule has 0 aromatic rings. The van der Waals surface area contributed by atoms with Crippen molar-refractivity contribution in [1.82, 2.24) is 16.0 Å². The number of aliphatic carboxylic acids is 2. The van der Waals surface area contributed by atoms with Gasteiger partial charge in [0.15, 0.2) is 0 Å². The fourth-order valence-corrected chi connectivity index (χ4v) is 2.45. The van der Waals surface area contributed by atoms with E-state index in [-0.39, 0.29) is 18.1 Å². The first-order chi connectivity index (χ1) is 13.1. The maximum atomic E-state index is 12.4. The molecule has 0 aliphatic carbocycles. The number of carboxylic acids is 2. The van der Waals surface area contributed by atoms with E-state index in [4.69, 9.17) is 10.8 Å². The van der Waals surface area contributed by atoms with Crippen LogP contribution in [0.1, 0.15) is 33.1 Å². The molecule has 0 heterocycles. The Kier molecular flexibility index (Phi) is 11.9. The van der Waals surface area contributed by atoms with Crippen molar-refractivity contribution in [3.63, 3.8) is 0 Å². The van der Waals surface area contributed by atoms with E-state index >= 15 is 0 Å². The zero-order valence-corrected chi connectivity index (χ0v) is 16.7. The lowest BCUT2D eigenvalue weighted by Crippen LogP contribution is -2.57. The number of carbonyl (C=O) groups is 5. The Morgan fingerprint density at radius 3 is 2.00 bits per heavy atom. The van der Waals surface area contributed by atoms with Crippen molar-refractivity contribution in [2.75, 3.05) is 12.3 Å². The summed E-state index contributed by atoms with van der Waals surface area (Å²) < 4.78 is 0. The van der Waals surface area contributed by atoms with Crippen molar-refractivity contribution in [3.05, 3.63) is 0 Å². The minimum Gasteiger partial charge on any atom is -0.481 e. The molecule has 0 aliphatic rings. The molecule has 0 spiro atoms. The maximum Gasteiger partial charge on any atom is 0.326 e. The topological polar surface area (TPSA) is 188 Å². The van der Waals surface area contributed by atoms with Crippen molar-refractivity contribution < 1.29 is 34.2 Å². The molecule has 4 atom stereocenters. The van der Waals surface area contributed by atoms with Crippen LogP contribution in [0.3, 0.4) is 0 Å². The summed E-state index contributed by atoms with van der Waals surface area (Å²) >= 11 is 4.00. The fourth-order valence-electron chi connectivity index (χ4n) is 2.19. The number of carboxylic acid groups (broad SMARTS) is 2. The Morgan fingerprint density at radius 1 is 1.00 bits per heavy atom. The van der Waals surface area contributed by atoms with Crippen LogP contribution in [-0.4, -0.2) is 70.3 Å². The molecule has 160 valence electrons. The molecule has 12 heteroatoms. The number of nitrogens with two attached hydrogens (primary N) is 1. The molecule has 0 aromatic carbocycles. The quantitative estimate of drug-likeness (QED) is 0.172. The van der Waals surface area contributed by atoms with Gasteiger partial charge in [-0.15, -0.1) is 0 Å². The number of rotatable bonds is 13. The fraction of sp³-hybridized carbons (Fsp3) is 0.688. The summed E-state index contributed by atoms with van der Waals surface area (Å²) in [7, 11) is 0. The van der Waals surface area contributed by atoms with Crippen LogP contribution in [0.2, 0.25) is 0 Å². The Hall–Kier alpha value is -2.34. The lowest BCUT2D eigenvalue weighted by molar-refractivity contribution is -0.143. The summed E-state index contributed by atoms with van der Waals surface area (Å²) in [6, 6.07) is -3.53. The van der Waals surface area contributed by atoms with Crippen LogP contribution in [0, 0.1) is 5.92 Å².